The van der Waals surface area contributed by atoms with Crippen molar-refractivity contribution in [2.24, 2.45) is 29.1 Å². The standard InChI is InChI=1S/C31H48O3Si/c1-22-16-17-24(29(2,3)23-13-8-7-9-14-23)26(21-22)33-28(32)27-25-15-12-19-30(25)18-10-11-20-31(27,30)34-35(4,5)6/h7-9,13-14,22,24-27H,10-12,15-21H2,1-6H3/t22-,24-,25+,26-,27-,30-,31-/m1/s1. The van der Waals surface area contributed by atoms with E-state index in [1.807, 2.05) is 0 Å². The molecule has 4 fully saturated rings. The Kier molecular flexibility index (Phi) is 6.57. The zero-order valence-corrected chi connectivity index (χ0v) is 24.1. The van der Waals surface area contributed by atoms with Crippen molar-refractivity contribution in [2.75, 3.05) is 0 Å². The number of carbonyl (C=O) groups excluding carboxylic acids is 1. The van der Waals surface area contributed by atoms with Crippen LogP contribution in [0.5, 0.6) is 0 Å². The summed E-state index contributed by atoms with van der Waals surface area (Å²) >= 11 is 0. The number of benzene rings is 1. The lowest BCUT2D eigenvalue weighted by atomic mass is 9.40. The molecule has 4 aliphatic rings. The molecule has 0 aromatic heterocycles. The van der Waals surface area contributed by atoms with Crippen molar-refractivity contribution in [3.05, 3.63) is 35.9 Å². The minimum absolute atomic E-state index is 0.00891. The number of hydrogen-bond donors (Lipinski definition) is 0. The van der Waals surface area contributed by atoms with Crippen molar-refractivity contribution < 1.29 is 14.0 Å². The first-order valence-electron chi connectivity index (χ1n) is 14.5. The summed E-state index contributed by atoms with van der Waals surface area (Å²) in [5.41, 5.74) is 1.29. The summed E-state index contributed by atoms with van der Waals surface area (Å²) in [5.74, 6) is 1.42. The van der Waals surface area contributed by atoms with E-state index in [0.717, 1.165) is 19.3 Å². The van der Waals surface area contributed by atoms with Crippen LogP contribution in [0.15, 0.2) is 30.3 Å². The zero-order chi connectivity index (χ0) is 25.1. The van der Waals surface area contributed by atoms with E-state index in [1.54, 1.807) is 0 Å². The molecule has 4 aliphatic carbocycles. The molecule has 0 aliphatic heterocycles. The number of hydrogen-bond acceptors (Lipinski definition) is 3. The fraction of sp³-hybridized carbons (Fsp3) is 0.774. The second kappa shape index (κ2) is 9.01. The Labute approximate surface area is 214 Å². The number of carbonyl (C=O) groups is 1. The summed E-state index contributed by atoms with van der Waals surface area (Å²) in [6, 6.07) is 10.9. The second-order valence-electron chi connectivity index (χ2n) is 14.0. The van der Waals surface area contributed by atoms with Crippen LogP contribution in [0.3, 0.4) is 0 Å². The van der Waals surface area contributed by atoms with Gasteiger partial charge >= 0.3 is 5.97 Å². The molecular weight excluding hydrogens is 448 g/mol. The third kappa shape index (κ3) is 4.15. The van der Waals surface area contributed by atoms with Gasteiger partial charge in [0.25, 0.3) is 0 Å². The average molecular weight is 497 g/mol. The van der Waals surface area contributed by atoms with Crippen LogP contribution in [0.4, 0.5) is 0 Å². The largest absolute Gasteiger partial charge is 0.462 e. The molecule has 4 saturated carbocycles. The van der Waals surface area contributed by atoms with E-state index in [4.69, 9.17) is 9.16 Å². The van der Waals surface area contributed by atoms with Gasteiger partial charge in [-0.1, -0.05) is 76.8 Å². The highest BCUT2D eigenvalue weighted by molar-refractivity contribution is 6.69. The Hall–Kier alpha value is -1.13. The normalized spacial score (nSPS) is 39.3. The Balaban J connectivity index is 1.43. The van der Waals surface area contributed by atoms with Crippen LogP contribution in [0.25, 0.3) is 0 Å². The highest BCUT2D eigenvalue weighted by atomic mass is 28.4. The van der Waals surface area contributed by atoms with Gasteiger partial charge in [0.1, 0.15) is 6.10 Å². The zero-order valence-electron chi connectivity index (χ0n) is 23.1. The van der Waals surface area contributed by atoms with Crippen molar-refractivity contribution in [3.63, 3.8) is 0 Å². The fourth-order valence-corrected chi connectivity index (χ4v) is 10.6. The van der Waals surface area contributed by atoms with Crippen molar-refractivity contribution in [1.29, 1.82) is 0 Å². The molecule has 35 heavy (non-hydrogen) atoms. The van der Waals surface area contributed by atoms with Gasteiger partial charge in [-0.05, 0) is 81.0 Å². The SMILES string of the molecule is C[C@@H]1CC[C@@H](C(C)(C)c2ccccc2)[C@H](OC(=O)[C@H]2[C@@H]3CCC[C@]34CCCC[C@@]24O[Si](C)(C)C)C1. The van der Waals surface area contributed by atoms with E-state index in [2.05, 4.69) is 70.7 Å². The van der Waals surface area contributed by atoms with Crippen LogP contribution in [0, 0.1) is 29.1 Å². The van der Waals surface area contributed by atoms with E-state index in [0.29, 0.717) is 17.8 Å². The monoisotopic (exact) mass is 496 g/mol. The molecule has 0 heterocycles. The van der Waals surface area contributed by atoms with Gasteiger partial charge in [-0.25, -0.2) is 0 Å². The van der Waals surface area contributed by atoms with Gasteiger partial charge in [0.15, 0.2) is 8.32 Å². The highest BCUT2D eigenvalue weighted by Crippen LogP contribution is 2.74. The molecule has 0 unspecified atom stereocenters. The lowest BCUT2D eigenvalue weighted by Gasteiger charge is -2.69. The maximum absolute atomic E-state index is 14.2. The Morgan fingerprint density at radius 2 is 1.66 bits per heavy atom. The minimum atomic E-state index is -1.82. The first-order valence-corrected chi connectivity index (χ1v) is 17.9. The molecule has 0 saturated heterocycles. The number of esters is 1. The third-order valence-corrected chi connectivity index (χ3v) is 11.5. The van der Waals surface area contributed by atoms with Gasteiger partial charge in [0, 0.05) is 11.3 Å². The van der Waals surface area contributed by atoms with Gasteiger partial charge in [0.2, 0.25) is 0 Å². The van der Waals surface area contributed by atoms with Crippen LogP contribution in [-0.4, -0.2) is 26.0 Å². The van der Waals surface area contributed by atoms with E-state index in [-0.39, 0.29) is 34.4 Å². The molecular formula is C31H48O3Si. The smallest absolute Gasteiger partial charge is 0.312 e. The van der Waals surface area contributed by atoms with E-state index >= 15 is 0 Å². The lowest BCUT2D eigenvalue weighted by molar-refractivity contribution is -0.265. The molecule has 3 nitrogen and oxygen atoms in total. The summed E-state index contributed by atoms with van der Waals surface area (Å²) in [7, 11) is -1.82. The van der Waals surface area contributed by atoms with Crippen molar-refractivity contribution in [3.8, 4) is 0 Å². The maximum atomic E-state index is 14.2. The van der Waals surface area contributed by atoms with Gasteiger partial charge in [-0.2, -0.15) is 0 Å². The Morgan fingerprint density at radius 3 is 2.37 bits per heavy atom. The van der Waals surface area contributed by atoms with Crippen LogP contribution in [0.2, 0.25) is 19.6 Å². The number of ether oxygens (including phenoxy) is 1. The van der Waals surface area contributed by atoms with E-state index < -0.39 is 8.32 Å². The maximum Gasteiger partial charge on any atom is 0.312 e. The summed E-state index contributed by atoms with van der Waals surface area (Å²) < 4.78 is 13.8. The molecule has 0 N–H and O–H groups in total. The van der Waals surface area contributed by atoms with Gasteiger partial charge in [-0.15, -0.1) is 0 Å². The average Bonchev–Trinajstić information content (AvgIpc) is 3.13. The van der Waals surface area contributed by atoms with Crippen LogP contribution < -0.4 is 0 Å². The summed E-state index contributed by atoms with van der Waals surface area (Å²) in [5, 5.41) is 0. The van der Waals surface area contributed by atoms with E-state index in [9.17, 15) is 4.79 Å². The summed E-state index contributed by atoms with van der Waals surface area (Å²) in [4.78, 5) is 14.2. The molecule has 5 rings (SSSR count). The van der Waals surface area contributed by atoms with Crippen molar-refractivity contribution in [1.82, 2.24) is 0 Å². The quantitative estimate of drug-likeness (QED) is 0.297. The molecule has 1 aromatic rings. The predicted molar refractivity (Wildman–Crippen MR) is 145 cm³/mol. The summed E-state index contributed by atoms with van der Waals surface area (Å²) in [6.45, 7) is 13.9. The molecule has 7 atom stereocenters. The second-order valence-corrected chi connectivity index (χ2v) is 18.5. The molecule has 1 spiro atoms. The molecule has 0 bridgehead atoms. The third-order valence-electron chi connectivity index (χ3n) is 10.5. The molecule has 1 aromatic carbocycles. The highest BCUT2D eigenvalue weighted by Gasteiger charge is 2.76. The first-order chi connectivity index (χ1) is 16.5. The fourth-order valence-electron chi connectivity index (χ4n) is 9.11. The minimum Gasteiger partial charge on any atom is -0.462 e. The summed E-state index contributed by atoms with van der Waals surface area (Å²) in [6.07, 6.45) is 11.8. The van der Waals surface area contributed by atoms with Crippen LogP contribution in [-0.2, 0) is 19.4 Å². The van der Waals surface area contributed by atoms with Crippen LogP contribution in [0.1, 0.15) is 90.5 Å². The van der Waals surface area contributed by atoms with Crippen LogP contribution >= 0.6 is 0 Å². The van der Waals surface area contributed by atoms with Gasteiger partial charge in [-0.3, -0.25) is 4.79 Å². The van der Waals surface area contributed by atoms with Gasteiger partial charge < -0.3 is 9.16 Å². The van der Waals surface area contributed by atoms with Gasteiger partial charge in [0.05, 0.1) is 11.5 Å². The van der Waals surface area contributed by atoms with Crippen molar-refractivity contribution in [2.45, 2.75) is 122 Å². The number of rotatable bonds is 6. The molecule has 4 heteroatoms. The molecule has 0 radical (unpaired) electrons. The Bertz CT molecular complexity index is 921. The lowest BCUT2D eigenvalue weighted by Crippen LogP contribution is -2.75. The topological polar surface area (TPSA) is 35.5 Å². The molecule has 194 valence electrons. The first kappa shape index (κ1) is 25.5. The van der Waals surface area contributed by atoms with E-state index in [1.165, 1.54) is 50.5 Å². The Morgan fingerprint density at radius 1 is 0.971 bits per heavy atom. The predicted octanol–water partition coefficient (Wildman–Crippen LogP) is 7.89. The van der Waals surface area contributed by atoms with Crippen molar-refractivity contribution >= 4 is 14.3 Å². The molecule has 0 amide bonds.